The second-order valence-electron chi connectivity index (χ2n) is 20.5. The minimum absolute atomic E-state index is 0.120. The molecule has 0 saturated heterocycles. The lowest BCUT2D eigenvalue weighted by atomic mass is 9.33. The molecule has 4 heterocycles. The number of para-hydroxylation sites is 5. The van der Waals surface area contributed by atoms with Gasteiger partial charge >= 0.3 is 0 Å². The van der Waals surface area contributed by atoms with Crippen LogP contribution in [-0.2, 0) is 5.41 Å². The van der Waals surface area contributed by atoms with E-state index in [1.807, 2.05) is 0 Å². The van der Waals surface area contributed by atoms with E-state index in [4.69, 9.17) is 4.74 Å². The number of rotatable bonds is 5. The Labute approximate surface area is 414 Å². The third-order valence-electron chi connectivity index (χ3n) is 15.5. The van der Waals surface area contributed by atoms with Crippen LogP contribution in [0.25, 0.3) is 77.2 Å². The maximum absolute atomic E-state index is 7.55. The van der Waals surface area contributed by atoms with Gasteiger partial charge in [0.2, 0.25) is 0 Å². The predicted molar refractivity (Wildman–Crippen MR) is 300 cm³/mol. The van der Waals surface area contributed by atoms with Crippen molar-refractivity contribution in [3.05, 3.63) is 229 Å². The first-order valence-corrected chi connectivity index (χ1v) is 24.9. The molecule has 0 bridgehead atoms. The summed E-state index contributed by atoms with van der Waals surface area (Å²) in [6.45, 7) is 11.5. The van der Waals surface area contributed by atoms with Gasteiger partial charge in [-0.15, -0.1) is 0 Å². The third-order valence-corrected chi connectivity index (χ3v) is 15.5. The van der Waals surface area contributed by atoms with Crippen LogP contribution in [0, 0.1) is 13.8 Å². The van der Waals surface area contributed by atoms with Gasteiger partial charge in [-0.2, -0.15) is 0 Å². The molecule has 0 unspecified atom stereocenters. The van der Waals surface area contributed by atoms with Crippen molar-refractivity contribution in [2.75, 3.05) is 4.90 Å². The van der Waals surface area contributed by atoms with Crippen molar-refractivity contribution >= 4 is 83.8 Å². The van der Waals surface area contributed by atoms with Crippen LogP contribution in [0.2, 0.25) is 0 Å². The Kier molecular flexibility index (Phi) is 9.04. The molecule has 0 saturated carbocycles. The summed E-state index contributed by atoms with van der Waals surface area (Å²) in [5, 5.41) is 4.98. The minimum Gasteiger partial charge on any atom is -0.458 e. The average molecular weight is 912 g/mol. The summed E-state index contributed by atoms with van der Waals surface area (Å²) in [4.78, 5) is 2.63. The number of hydrogen-bond donors (Lipinski definition) is 0. The van der Waals surface area contributed by atoms with Gasteiger partial charge in [-0.05, 0) is 106 Å². The minimum atomic E-state index is -0.197. The topological polar surface area (TPSA) is 22.3 Å². The molecule has 338 valence electrons. The Morgan fingerprint density at radius 3 is 1.35 bits per heavy atom. The Morgan fingerprint density at radius 1 is 0.408 bits per heavy atom. The molecule has 2 aliphatic heterocycles. The van der Waals surface area contributed by atoms with Crippen molar-refractivity contribution in [2.45, 2.75) is 40.0 Å². The molecule has 0 N–H and O–H groups in total. The van der Waals surface area contributed by atoms with E-state index < -0.39 is 0 Å². The van der Waals surface area contributed by atoms with Crippen LogP contribution in [0.1, 0.15) is 37.5 Å². The lowest BCUT2D eigenvalue weighted by Crippen LogP contribution is -2.60. The van der Waals surface area contributed by atoms with Crippen LogP contribution in [0.3, 0.4) is 0 Å². The molecule has 0 radical (unpaired) electrons. The number of aromatic nitrogens is 2. The highest BCUT2D eigenvalue weighted by molar-refractivity contribution is 6.99. The van der Waals surface area contributed by atoms with Gasteiger partial charge in [-0.25, -0.2) is 0 Å². The molecule has 10 aromatic carbocycles. The number of ether oxygens (including phenoxy) is 1. The standard InChI is InChI=1S/C66H50BN3O/c1-41-54(68-56-31-16-12-25-48(56)49-26-13-17-32-57(49)68)37-35-52-63(41)70(64-46(43-21-8-6-9-22-43)29-20-30-47(64)44-23-10-7-11-24-44)60-39-45(66(3,4)5)40-61-62(60)67(52)53-36-38-55(42(2)65(53)71-61)69-58-33-18-14-27-50(58)51-28-15-19-34-59(51)69/h6-40H,1-5H3. The van der Waals surface area contributed by atoms with Gasteiger partial charge in [-0.1, -0.05) is 185 Å². The smallest absolute Gasteiger partial charge is 0.256 e. The molecular formula is C66H50BN3O. The van der Waals surface area contributed by atoms with Gasteiger partial charge in [0.25, 0.3) is 6.71 Å². The van der Waals surface area contributed by atoms with Crippen LogP contribution >= 0.6 is 0 Å². The number of benzene rings is 10. The molecule has 4 nitrogen and oxygen atoms in total. The Balaban J connectivity index is 1.11. The molecule has 0 spiro atoms. The molecule has 0 aliphatic carbocycles. The number of anilines is 3. The number of fused-ring (bicyclic) bond motifs is 10. The zero-order chi connectivity index (χ0) is 47.7. The van der Waals surface area contributed by atoms with Crippen LogP contribution in [0.5, 0.6) is 11.5 Å². The van der Waals surface area contributed by atoms with Gasteiger partial charge in [-0.3, -0.25) is 0 Å². The zero-order valence-corrected chi connectivity index (χ0v) is 40.5. The van der Waals surface area contributed by atoms with Crippen LogP contribution in [0.4, 0.5) is 17.1 Å². The lowest BCUT2D eigenvalue weighted by molar-refractivity contribution is 0.479. The lowest BCUT2D eigenvalue weighted by Gasteiger charge is -2.43. The van der Waals surface area contributed by atoms with E-state index in [-0.39, 0.29) is 12.1 Å². The number of nitrogens with zero attached hydrogens (tertiary/aromatic N) is 3. The maximum Gasteiger partial charge on any atom is 0.256 e. The summed E-state index contributed by atoms with van der Waals surface area (Å²) in [5.74, 6) is 1.84. The first kappa shape index (κ1) is 41.4. The fraction of sp³-hybridized carbons (Fsp3) is 0.0909. The summed E-state index contributed by atoms with van der Waals surface area (Å²) < 4.78 is 12.5. The molecule has 14 rings (SSSR count). The molecule has 5 heteroatoms. The molecule has 12 aromatic rings. The van der Waals surface area contributed by atoms with E-state index in [1.165, 1.54) is 76.8 Å². The zero-order valence-electron chi connectivity index (χ0n) is 40.5. The first-order chi connectivity index (χ1) is 34.7. The largest absolute Gasteiger partial charge is 0.458 e. The van der Waals surface area contributed by atoms with Crippen molar-refractivity contribution in [3.8, 4) is 45.1 Å². The summed E-state index contributed by atoms with van der Waals surface area (Å²) in [7, 11) is 0. The Hall–Kier alpha value is -8.54. The van der Waals surface area contributed by atoms with E-state index in [2.05, 4.69) is 261 Å². The van der Waals surface area contributed by atoms with Crippen LogP contribution in [0.15, 0.2) is 212 Å². The van der Waals surface area contributed by atoms with E-state index in [9.17, 15) is 0 Å². The summed E-state index contributed by atoms with van der Waals surface area (Å²) >= 11 is 0. The van der Waals surface area contributed by atoms with E-state index in [1.54, 1.807) is 0 Å². The van der Waals surface area contributed by atoms with Gasteiger partial charge in [0, 0.05) is 49.6 Å². The molecule has 2 aromatic heterocycles. The summed E-state index contributed by atoms with van der Waals surface area (Å²) in [6.07, 6.45) is 0. The molecule has 0 amide bonds. The molecule has 2 aliphatic rings. The quantitative estimate of drug-likeness (QED) is 0.161. The highest BCUT2D eigenvalue weighted by Gasteiger charge is 2.45. The van der Waals surface area contributed by atoms with Crippen molar-refractivity contribution in [3.63, 3.8) is 0 Å². The SMILES string of the molecule is Cc1c(-n2c3ccccc3c3ccccc32)ccc2c1Oc1cc(C(C)(C)C)cc3c1B2c1ccc(-n2c4ccccc4c4ccccc42)c(C)c1N3c1c(-c2ccccc2)cccc1-c1ccccc1. The third kappa shape index (κ3) is 6.05. The van der Waals surface area contributed by atoms with E-state index >= 15 is 0 Å². The Morgan fingerprint density at radius 2 is 0.859 bits per heavy atom. The second-order valence-corrected chi connectivity index (χ2v) is 20.5. The fourth-order valence-electron chi connectivity index (χ4n) is 12.2. The van der Waals surface area contributed by atoms with Crippen molar-refractivity contribution < 1.29 is 4.74 Å². The van der Waals surface area contributed by atoms with E-state index in [0.717, 1.165) is 62.1 Å². The Bertz CT molecular complexity index is 3990. The van der Waals surface area contributed by atoms with Crippen molar-refractivity contribution in [1.29, 1.82) is 0 Å². The highest BCUT2D eigenvalue weighted by atomic mass is 16.5. The van der Waals surface area contributed by atoms with Gasteiger partial charge in [0.1, 0.15) is 11.5 Å². The van der Waals surface area contributed by atoms with Gasteiger partial charge in [0.05, 0.1) is 39.1 Å². The molecule has 0 fully saturated rings. The molecular weight excluding hydrogens is 862 g/mol. The van der Waals surface area contributed by atoms with Crippen molar-refractivity contribution in [2.24, 2.45) is 0 Å². The van der Waals surface area contributed by atoms with Crippen molar-refractivity contribution in [1.82, 2.24) is 9.13 Å². The second kappa shape index (κ2) is 15.5. The number of hydrogen-bond acceptors (Lipinski definition) is 2. The normalized spacial score (nSPS) is 12.9. The van der Waals surface area contributed by atoms with Crippen LogP contribution < -0.4 is 26.0 Å². The molecule has 0 atom stereocenters. The van der Waals surface area contributed by atoms with E-state index in [0.29, 0.717) is 0 Å². The monoisotopic (exact) mass is 911 g/mol. The first-order valence-electron chi connectivity index (χ1n) is 24.9. The molecule has 71 heavy (non-hydrogen) atoms. The predicted octanol–water partition coefficient (Wildman–Crippen LogP) is 15.5. The van der Waals surface area contributed by atoms with Crippen LogP contribution in [-0.4, -0.2) is 15.8 Å². The van der Waals surface area contributed by atoms with Gasteiger partial charge in [0.15, 0.2) is 0 Å². The van der Waals surface area contributed by atoms with Gasteiger partial charge < -0.3 is 18.8 Å². The average Bonchev–Trinajstić information content (AvgIpc) is 3.92. The maximum atomic E-state index is 7.55. The highest BCUT2D eigenvalue weighted by Crippen LogP contribution is 2.52. The summed E-state index contributed by atoms with van der Waals surface area (Å²) in [6, 6.07) is 78.3. The summed E-state index contributed by atoms with van der Waals surface area (Å²) in [5.41, 5.74) is 22.1. The fourth-order valence-corrected chi connectivity index (χ4v) is 12.2.